The van der Waals surface area contributed by atoms with E-state index in [9.17, 15) is 39.3 Å². The molecule has 11 nitrogen and oxygen atoms in total. The molecular weight excluding hydrogens is 508 g/mol. The molecule has 2 aromatic carbocycles. The largest absolute Gasteiger partial charge is 0.507 e. The third-order valence-corrected chi connectivity index (χ3v) is 8.42. The van der Waals surface area contributed by atoms with Crippen LogP contribution in [0.15, 0.2) is 36.4 Å². The standard InChI is InChI=1S/C28H28N2O9/c1-30(2)20-19-22(32)15-10-12-6-9-14(11-4-7-13(39-3)8-5-11)21(31)16(12)23(33)17(15)25(35)28(19,38)26(36)18(24(20)34)27(29)37/h4-9,15,17-20,22,31-32,38H,10H2,1-3H3,(H2,29,37)/t15-,17?,18?,19-,20+,22+,28+/m0/s1. The van der Waals surface area contributed by atoms with Crippen LogP contribution in [0, 0.1) is 23.7 Å². The molecule has 0 aromatic heterocycles. The Hall–Kier alpha value is -3.93. The molecule has 2 aromatic rings. The Morgan fingerprint density at radius 2 is 1.69 bits per heavy atom. The van der Waals surface area contributed by atoms with E-state index >= 15 is 0 Å². The molecule has 11 heteroatoms. The Morgan fingerprint density at radius 1 is 1.05 bits per heavy atom. The van der Waals surface area contributed by atoms with Gasteiger partial charge in [-0.15, -0.1) is 0 Å². The van der Waals surface area contributed by atoms with Gasteiger partial charge in [-0.1, -0.05) is 24.3 Å². The number of phenolic OH excluding ortho intramolecular Hbond substituents is 1. The van der Waals surface area contributed by atoms with E-state index in [1.807, 2.05) is 0 Å². The molecule has 0 radical (unpaired) electrons. The topological polar surface area (TPSA) is 185 Å². The lowest BCUT2D eigenvalue weighted by molar-refractivity contribution is -0.195. The molecule has 2 fully saturated rings. The monoisotopic (exact) mass is 536 g/mol. The first-order valence-corrected chi connectivity index (χ1v) is 12.4. The number of carbonyl (C=O) groups is 5. The number of hydrogen-bond donors (Lipinski definition) is 4. The lowest BCUT2D eigenvalue weighted by Crippen LogP contribution is -2.77. The fraction of sp³-hybridized carbons (Fsp3) is 0.393. The average molecular weight is 537 g/mol. The van der Waals surface area contributed by atoms with E-state index in [1.165, 1.54) is 26.1 Å². The normalized spacial score (nSPS) is 31.9. The summed E-state index contributed by atoms with van der Waals surface area (Å²) in [6.07, 6.45) is -1.68. The van der Waals surface area contributed by atoms with Crippen LogP contribution in [0.4, 0.5) is 0 Å². The van der Waals surface area contributed by atoms with Crippen LogP contribution in [0.1, 0.15) is 15.9 Å². The zero-order chi connectivity index (χ0) is 28.5. The van der Waals surface area contributed by atoms with Crippen molar-refractivity contribution >= 4 is 29.0 Å². The molecule has 0 bridgehead atoms. The summed E-state index contributed by atoms with van der Waals surface area (Å²) in [6, 6.07) is 8.55. The summed E-state index contributed by atoms with van der Waals surface area (Å²) < 4.78 is 5.15. The number of Topliss-reactive ketones (excluding diaryl/α,β-unsaturated/α-hetero) is 4. The molecule has 7 atom stereocenters. The molecule has 1 amide bonds. The number of nitrogens with two attached hydrogens (primary N) is 1. The van der Waals surface area contributed by atoms with Crippen molar-refractivity contribution < 1.29 is 44.0 Å². The first-order chi connectivity index (χ1) is 18.4. The molecular formula is C28H28N2O9. The van der Waals surface area contributed by atoms with Crippen molar-refractivity contribution in [2.24, 2.45) is 29.4 Å². The van der Waals surface area contributed by atoms with E-state index in [0.717, 1.165) is 0 Å². The van der Waals surface area contributed by atoms with Gasteiger partial charge < -0.3 is 25.8 Å². The van der Waals surface area contributed by atoms with E-state index in [0.29, 0.717) is 22.4 Å². The number of nitrogens with zero attached hydrogens (tertiary/aromatic N) is 1. The predicted octanol–water partition coefficient (Wildman–Crippen LogP) is -0.487. The van der Waals surface area contributed by atoms with Gasteiger partial charge >= 0.3 is 0 Å². The quantitative estimate of drug-likeness (QED) is 0.372. The Kier molecular flexibility index (Phi) is 6.21. The van der Waals surface area contributed by atoms with Crippen molar-refractivity contribution in [1.29, 1.82) is 0 Å². The van der Waals surface area contributed by atoms with Crippen molar-refractivity contribution in [2.45, 2.75) is 24.2 Å². The van der Waals surface area contributed by atoms with Gasteiger partial charge in [0.2, 0.25) is 5.91 Å². The molecule has 3 aliphatic carbocycles. The highest BCUT2D eigenvalue weighted by atomic mass is 16.5. The van der Waals surface area contributed by atoms with Gasteiger partial charge in [0.15, 0.2) is 34.7 Å². The molecule has 2 saturated carbocycles. The number of rotatable bonds is 4. The van der Waals surface area contributed by atoms with Crippen LogP contribution in [0.5, 0.6) is 11.5 Å². The number of phenols is 1. The summed E-state index contributed by atoms with van der Waals surface area (Å²) in [4.78, 5) is 67.6. The van der Waals surface area contributed by atoms with Crippen LogP contribution in [0.25, 0.3) is 11.1 Å². The molecule has 0 aliphatic heterocycles. The second-order valence-electron chi connectivity index (χ2n) is 10.6. The van der Waals surface area contributed by atoms with Crippen molar-refractivity contribution in [3.8, 4) is 22.6 Å². The number of likely N-dealkylation sites (N-methyl/N-ethyl adjacent to an activating group) is 1. The van der Waals surface area contributed by atoms with Crippen LogP contribution in [-0.2, 0) is 25.6 Å². The smallest absolute Gasteiger partial charge is 0.235 e. The Balaban J connectivity index is 1.64. The average Bonchev–Trinajstić information content (AvgIpc) is 2.88. The van der Waals surface area contributed by atoms with Gasteiger partial charge in [-0.2, -0.15) is 0 Å². The maximum atomic E-state index is 13.9. The van der Waals surface area contributed by atoms with Gasteiger partial charge in [0.25, 0.3) is 0 Å². The van der Waals surface area contributed by atoms with E-state index < -0.39 is 70.5 Å². The number of fused-ring (bicyclic) bond motifs is 3. The summed E-state index contributed by atoms with van der Waals surface area (Å²) in [6.45, 7) is 0. The minimum absolute atomic E-state index is 0.0382. The number of carbonyl (C=O) groups excluding carboxylic acids is 5. The van der Waals surface area contributed by atoms with E-state index in [-0.39, 0.29) is 17.7 Å². The maximum Gasteiger partial charge on any atom is 0.235 e. The summed E-state index contributed by atoms with van der Waals surface area (Å²) >= 11 is 0. The zero-order valence-electron chi connectivity index (χ0n) is 21.5. The molecule has 204 valence electrons. The van der Waals surface area contributed by atoms with E-state index in [4.69, 9.17) is 10.5 Å². The number of benzene rings is 2. The minimum Gasteiger partial charge on any atom is -0.507 e. The predicted molar refractivity (Wildman–Crippen MR) is 135 cm³/mol. The van der Waals surface area contributed by atoms with Crippen molar-refractivity contribution in [1.82, 2.24) is 4.90 Å². The molecule has 5 N–H and O–H groups in total. The van der Waals surface area contributed by atoms with Crippen LogP contribution in [-0.4, -0.2) is 88.2 Å². The molecule has 5 rings (SSSR count). The molecule has 0 saturated heterocycles. The van der Waals surface area contributed by atoms with Gasteiger partial charge in [-0.05, 0) is 43.8 Å². The van der Waals surface area contributed by atoms with Crippen LogP contribution < -0.4 is 10.5 Å². The number of aromatic hydroxyl groups is 1. The Labute approximate surface area is 223 Å². The van der Waals surface area contributed by atoms with Gasteiger partial charge in [-0.25, -0.2) is 0 Å². The van der Waals surface area contributed by atoms with Gasteiger partial charge in [0.05, 0.1) is 36.7 Å². The van der Waals surface area contributed by atoms with E-state index in [2.05, 4.69) is 0 Å². The fourth-order valence-electron chi connectivity index (χ4n) is 6.59. The van der Waals surface area contributed by atoms with Gasteiger partial charge in [0.1, 0.15) is 11.5 Å². The number of hydrogen-bond acceptors (Lipinski definition) is 10. The summed E-state index contributed by atoms with van der Waals surface area (Å²) in [7, 11) is 4.40. The fourth-order valence-corrected chi connectivity index (χ4v) is 6.59. The molecule has 0 heterocycles. The lowest BCUT2D eigenvalue weighted by atomic mass is 9.51. The second-order valence-corrected chi connectivity index (χ2v) is 10.6. The Bertz CT molecular complexity index is 1430. The van der Waals surface area contributed by atoms with Crippen LogP contribution in [0.3, 0.4) is 0 Å². The number of ether oxygens (including phenoxy) is 1. The number of methoxy groups -OCH3 is 1. The highest BCUT2D eigenvalue weighted by Gasteiger charge is 2.72. The van der Waals surface area contributed by atoms with Crippen LogP contribution in [0.2, 0.25) is 0 Å². The van der Waals surface area contributed by atoms with Gasteiger partial charge in [0, 0.05) is 11.5 Å². The lowest BCUT2D eigenvalue weighted by Gasteiger charge is -2.54. The summed E-state index contributed by atoms with van der Waals surface area (Å²) in [5.41, 5.74) is 3.40. The molecule has 39 heavy (non-hydrogen) atoms. The number of aliphatic hydroxyl groups is 2. The third-order valence-electron chi connectivity index (χ3n) is 8.42. The number of primary amides is 1. The first-order valence-electron chi connectivity index (χ1n) is 12.4. The molecule has 0 spiro atoms. The minimum atomic E-state index is -3.01. The number of amides is 1. The third kappa shape index (κ3) is 3.57. The van der Waals surface area contributed by atoms with Crippen molar-refractivity contribution in [3.63, 3.8) is 0 Å². The number of aliphatic hydroxyl groups excluding tert-OH is 1. The highest BCUT2D eigenvalue weighted by Crippen LogP contribution is 2.51. The maximum absolute atomic E-state index is 13.9. The first kappa shape index (κ1) is 26.7. The Morgan fingerprint density at radius 3 is 2.26 bits per heavy atom. The summed E-state index contributed by atoms with van der Waals surface area (Å²) in [5, 5.41) is 34.3. The van der Waals surface area contributed by atoms with Gasteiger partial charge in [-0.3, -0.25) is 28.9 Å². The zero-order valence-corrected chi connectivity index (χ0v) is 21.5. The number of ketones is 4. The van der Waals surface area contributed by atoms with E-state index in [1.54, 1.807) is 36.4 Å². The molecule has 2 unspecified atom stereocenters. The van der Waals surface area contributed by atoms with Crippen molar-refractivity contribution in [3.05, 3.63) is 47.5 Å². The highest BCUT2D eigenvalue weighted by molar-refractivity contribution is 6.32. The second kappa shape index (κ2) is 9.08. The molecule has 3 aliphatic rings. The van der Waals surface area contributed by atoms with Crippen molar-refractivity contribution in [2.75, 3.05) is 21.2 Å². The SMILES string of the molecule is COc1ccc(-c2ccc3c(c2O)C(=O)C2C(=O)[C@@]4(O)C(=O)C(C(N)=O)C(=O)[C@H](N(C)C)[C@H]4[C@H](O)[C@H]2C3)cc1. The summed E-state index contributed by atoms with van der Waals surface area (Å²) in [5.74, 6) is -12.1. The van der Waals surface area contributed by atoms with Crippen LogP contribution >= 0.6 is 0 Å².